The normalized spacial score (nSPS) is 12.8. The average molecular weight is 220 g/mol. The Labute approximate surface area is 94.3 Å². The summed E-state index contributed by atoms with van der Waals surface area (Å²) in [5, 5.41) is 11.1. The third kappa shape index (κ3) is 1.66. The standard InChI is InChI=1S/C10H16N6/c1-7-5-16(10(11-3)13-7)8(2)9-14-12-6-15(9)4/h5-6,8H,1-4H3,(H,11,13). The van der Waals surface area contributed by atoms with E-state index in [0.29, 0.717) is 0 Å². The van der Waals surface area contributed by atoms with Gasteiger partial charge in [0.25, 0.3) is 0 Å². The van der Waals surface area contributed by atoms with Gasteiger partial charge < -0.3 is 14.5 Å². The van der Waals surface area contributed by atoms with Gasteiger partial charge >= 0.3 is 0 Å². The summed E-state index contributed by atoms with van der Waals surface area (Å²) >= 11 is 0. The largest absolute Gasteiger partial charge is 0.359 e. The minimum absolute atomic E-state index is 0.108. The van der Waals surface area contributed by atoms with Crippen molar-refractivity contribution in [3.63, 3.8) is 0 Å². The molecule has 0 saturated heterocycles. The van der Waals surface area contributed by atoms with Crippen molar-refractivity contribution in [3.05, 3.63) is 24.0 Å². The molecule has 0 saturated carbocycles. The van der Waals surface area contributed by atoms with E-state index in [4.69, 9.17) is 0 Å². The molecule has 0 aliphatic carbocycles. The fourth-order valence-electron chi connectivity index (χ4n) is 1.79. The van der Waals surface area contributed by atoms with Crippen molar-refractivity contribution in [2.45, 2.75) is 19.9 Å². The van der Waals surface area contributed by atoms with E-state index in [0.717, 1.165) is 17.5 Å². The van der Waals surface area contributed by atoms with Crippen molar-refractivity contribution in [2.75, 3.05) is 12.4 Å². The Hall–Kier alpha value is -1.85. The highest BCUT2D eigenvalue weighted by atomic mass is 15.3. The van der Waals surface area contributed by atoms with Gasteiger partial charge in [-0.1, -0.05) is 0 Å². The Morgan fingerprint density at radius 2 is 2.19 bits per heavy atom. The molecule has 16 heavy (non-hydrogen) atoms. The molecule has 0 radical (unpaired) electrons. The van der Waals surface area contributed by atoms with Gasteiger partial charge in [0, 0.05) is 20.3 Å². The van der Waals surface area contributed by atoms with Gasteiger partial charge in [-0.3, -0.25) is 0 Å². The van der Waals surface area contributed by atoms with Crippen molar-refractivity contribution < 1.29 is 0 Å². The van der Waals surface area contributed by atoms with Crippen LogP contribution in [-0.4, -0.2) is 31.4 Å². The Bertz CT molecular complexity index is 483. The second-order valence-electron chi connectivity index (χ2n) is 3.84. The monoisotopic (exact) mass is 220 g/mol. The summed E-state index contributed by atoms with van der Waals surface area (Å²) < 4.78 is 3.97. The Morgan fingerprint density at radius 1 is 1.44 bits per heavy atom. The molecule has 0 spiro atoms. The second-order valence-corrected chi connectivity index (χ2v) is 3.84. The summed E-state index contributed by atoms with van der Waals surface area (Å²) in [6.07, 6.45) is 3.71. The molecule has 0 bridgehead atoms. The van der Waals surface area contributed by atoms with Crippen LogP contribution in [0.2, 0.25) is 0 Å². The molecule has 0 aromatic carbocycles. The number of anilines is 1. The highest BCUT2D eigenvalue weighted by molar-refractivity contribution is 5.29. The summed E-state index contributed by atoms with van der Waals surface area (Å²) in [5.41, 5.74) is 0.985. The lowest BCUT2D eigenvalue weighted by molar-refractivity contribution is 0.578. The first-order valence-corrected chi connectivity index (χ1v) is 5.20. The molecule has 1 N–H and O–H groups in total. The average Bonchev–Trinajstić information content (AvgIpc) is 2.83. The van der Waals surface area contributed by atoms with Crippen LogP contribution in [0, 0.1) is 6.92 Å². The first-order valence-electron chi connectivity index (χ1n) is 5.20. The quantitative estimate of drug-likeness (QED) is 0.837. The van der Waals surface area contributed by atoms with Crippen molar-refractivity contribution in [1.29, 1.82) is 0 Å². The smallest absolute Gasteiger partial charge is 0.203 e. The first kappa shape index (κ1) is 10.7. The number of rotatable bonds is 3. The third-order valence-electron chi connectivity index (χ3n) is 2.61. The molecule has 2 rings (SSSR count). The van der Waals surface area contributed by atoms with E-state index in [2.05, 4.69) is 32.0 Å². The lowest BCUT2D eigenvalue weighted by Gasteiger charge is -2.14. The van der Waals surface area contributed by atoms with Gasteiger partial charge in [0.1, 0.15) is 6.33 Å². The molecule has 2 heterocycles. The Kier molecular flexibility index (Phi) is 2.64. The fraction of sp³-hybridized carbons (Fsp3) is 0.500. The molecule has 0 fully saturated rings. The first-order chi connectivity index (χ1) is 7.63. The number of aryl methyl sites for hydroxylation is 2. The molecule has 6 nitrogen and oxygen atoms in total. The van der Waals surface area contributed by atoms with E-state index < -0.39 is 0 Å². The summed E-state index contributed by atoms with van der Waals surface area (Å²) in [7, 11) is 3.80. The maximum atomic E-state index is 4.38. The Balaban J connectivity index is 2.40. The van der Waals surface area contributed by atoms with Crippen molar-refractivity contribution in [2.24, 2.45) is 7.05 Å². The zero-order valence-electron chi connectivity index (χ0n) is 9.97. The number of imidazole rings is 1. The van der Waals surface area contributed by atoms with Crippen LogP contribution in [0.5, 0.6) is 0 Å². The molecule has 0 aliphatic rings. The second kappa shape index (κ2) is 3.96. The lowest BCUT2D eigenvalue weighted by Crippen LogP contribution is -2.13. The highest BCUT2D eigenvalue weighted by Crippen LogP contribution is 2.20. The zero-order chi connectivity index (χ0) is 11.7. The molecule has 1 atom stereocenters. The van der Waals surface area contributed by atoms with E-state index in [9.17, 15) is 0 Å². The van der Waals surface area contributed by atoms with E-state index in [-0.39, 0.29) is 6.04 Å². The maximum absolute atomic E-state index is 4.38. The van der Waals surface area contributed by atoms with Crippen LogP contribution in [0.15, 0.2) is 12.5 Å². The number of nitrogens with zero attached hydrogens (tertiary/aromatic N) is 5. The molecule has 86 valence electrons. The van der Waals surface area contributed by atoms with E-state index in [1.54, 1.807) is 6.33 Å². The van der Waals surface area contributed by atoms with Crippen LogP contribution in [0.1, 0.15) is 24.5 Å². The summed E-state index contributed by atoms with van der Waals surface area (Å²) in [4.78, 5) is 4.38. The van der Waals surface area contributed by atoms with E-state index in [1.165, 1.54) is 0 Å². The van der Waals surface area contributed by atoms with Gasteiger partial charge in [-0.25, -0.2) is 4.98 Å². The lowest BCUT2D eigenvalue weighted by atomic mass is 10.3. The minimum Gasteiger partial charge on any atom is -0.359 e. The van der Waals surface area contributed by atoms with Crippen LogP contribution in [0.4, 0.5) is 5.95 Å². The van der Waals surface area contributed by atoms with E-state index in [1.807, 2.05) is 31.8 Å². The predicted octanol–water partition coefficient (Wildman–Crippen LogP) is 0.971. The zero-order valence-corrected chi connectivity index (χ0v) is 9.97. The SMILES string of the molecule is CNc1nc(C)cn1C(C)c1nncn1C. The van der Waals surface area contributed by atoms with Gasteiger partial charge in [-0.2, -0.15) is 0 Å². The number of hydrogen-bond donors (Lipinski definition) is 1. The molecule has 0 amide bonds. The molecule has 0 aliphatic heterocycles. The molecular formula is C10H16N6. The minimum atomic E-state index is 0.108. The van der Waals surface area contributed by atoms with Crippen LogP contribution in [0.3, 0.4) is 0 Å². The van der Waals surface area contributed by atoms with Crippen LogP contribution >= 0.6 is 0 Å². The van der Waals surface area contributed by atoms with Crippen LogP contribution in [-0.2, 0) is 7.05 Å². The molecule has 1 unspecified atom stereocenters. The summed E-state index contributed by atoms with van der Waals surface area (Å²) in [5.74, 6) is 1.75. The van der Waals surface area contributed by atoms with Crippen molar-refractivity contribution in [3.8, 4) is 0 Å². The van der Waals surface area contributed by atoms with Gasteiger partial charge in [-0.05, 0) is 13.8 Å². The Morgan fingerprint density at radius 3 is 2.75 bits per heavy atom. The maximum Gasteiger partial charge on any atom is 0.203 e. The van der Waals surface area contributed by atoms with Gasteiger partial charge in [0.2, 0.25) is 5.95 Å². The number of hydrogen-bond acceptors (Lipinski definition) is 4. The van der Waals surface area contributed by atoms with Gasteiger partial charge in [0.05, 0.1) is 11.7 Å². The van der Waals surface area contributed by atoms with Crippen LogP contribution in [0.25, 0.3) is 0 Å². The van der Waals surface area contributed by atoms with Gasteiger partial charge in [0.15, 0.2) is 5.82 Å². The van der Waals surface area contributed by atoms with Crippen molar-refractivity contribution >= 4 is 5.95 Å². The fourth-order valence-corrected chi connectivity index (χ4v) is 1.79. The summed E-state index contributed by atoms with van der Waals surface area (Å²) in [6, 6.07) is 0.108. The molecule has 6 heteroatoms. The van der Waals surface area contributed by atoms with E-state index >= 15 is 0 Å². The number of nitrogens with one attached hydrogen (secondary N) is 1. The van der Waals surface area contributed by atoms with Crippen molar-refractivity contribution in [1.82, 2.24) is 24.3 Å². The summed E-state index contributed by atoms with van der Waals surface area (Å²) in [6.45, 7) is 4.05. The predicted molar refractivity (Wildman–Crippen MR) is 61.3 cm³/mol. The molecular weight excluding hydrogens is 204 g/mol. The van der Waals surface area contributed by atoms with Crippen LogP contribution < -0.4 is 5.32 Å². The highest BCUT2D eigenvalue weighted by Gasteiger charge is 2.16. The molecule has 2 aromatic rings. The topological polar surface area (TPSA) is 60.6 Å². The third-order valence-corrected chi connectivity index (χ3v) is 2.61. The molecule has 2 aromatic heterocycles. The number of aromatic nitrogens is 5. The van der Waals surface area contributed by atoms with Gasteiger partial charge in [-0.15, -0.1) is 10.2 Å².